The van der Waals surface area contributed by atoms with Crippen LogP contribution in [0.25, 0.3) is 0 Å². The molecule has 1 aliphatic heterocycles. The van der Waals surface area contributed by atoms with Crippen LogP contribution in [0, 0.1) is 0 Å². The van der Waals surface area contributed by atoms with Crippen LogP contribution in [0.3, 0.4) is 0 Å². The van der Waals surface area contributed by atoms with Gasteiger partial charge >= 0.3 is 0 Å². The lowest BCUT2D eigenvalue weighted by atomic mass is 10.1. The second-order valence-electron chi connectivity index (χ2n) is 4.59. The van der Waals surface area contributed by atoms with Crippen LogP contribution in [0.4, 0.5) is 5.69 Å². The molecule has 0 aliphatic carbocycles. The summed E-state index contributed by atoms with van der Waals surface area (Å²) < 4.78 is 5.44. The van der Waals surface area contributed by atoms with Crippen molar-refractivity contribution in [1.82, 2.24) is 5.32 Å². The van der Waals surface area contributed by atoms with E-state index in [1.807, 2.05) is 6.07 Å². The summed E-state index contributed by atoms with van der Waals surface area (Å²) in [5.41, 5.74) is 6.94. The van der Waals surface area contributed by atoms with Crippen molar-refractivity contribution in [2.24, 2.45) is 5.73 Å². The van der Waals surface area contributed by atoms with Crippen molar-refractivity contribution in [2.45, 2.75) is 32.5 Å². The predicted molar refractivity (Wildman–Crippen MR) is 70.7 cm³/mol. The molecule has 0 saturated heterocycles. The summed E-state index contributed by atoms with van der Waals surface area (Å²) in [7, 11) is 0. The van der Waals surface area contributed by atoms with Crippen LogP contribution in [-0.2, 0) is 16.1 Å². The van der Waals surface area contributed by atoms with Crippen molar-refractivity contribution in [2.75, 3.05) is 5.32 Å². The number of hydrogen-bond donors (Lipinski definition) is 3. The van der Waals surface area contributed by atoms with Gasteiger partial charge in [-0.3, -0.25) is 9.59 Å². The maximum Gasteiger partial charge on any atom is 0.265 e. The molecule has 0 fully saturated rings. The molecule has 102 valence electrons. The summed E-state index contributed by atoms with van der Waals surface area (Å²) in [5.74, 6) is 0.241. The van der Waals surface area contributed by atoms with Gasteiger partial charge in [-0.05, 0) is 31.5 Å². The van der Waals surface area contributed by atoms with E-state index in [0.29, 0.717) is 18.0 Å². The van der Waals surface area contributed by atoms with E-state index in [9.17, 15) is 9.59 Å². The predicted octanol–water partition coefficient (Wildman–Crippen LogP) is 0.369. The third-order valence-corrected chi connectivity index (χ3v) is 2.86. The normalized spacial score (nSPS) is 18.9. The van der Waals surface area contributed by atoms with Crippen LogP contribution in [0.5, 0.6) is 5.75 Å². The van der Waals surface area contributed by atoms with E-state index in [2.05, 4.69) is 10.6 Å². The zero-order chi connectivity index (χ0) is 14.0. The molecule has 0 spiro atoms. The van der Waals surface area contributed by atoms with E-state index in [1.54, 1.807) is 26.0 Å². The Bertz CT molecular complexity index is 514. The van der Waals surface area contributed by atoms with E-state index < -0.39 is 12.1 Å². The number of ether oxygens (including phenoxy) is 1. The molecular formula is C13H17N3O3. The molecule has 2 amide bonds. The van der Waals surface area contributed by atoms with Gasteiger partial charge in [0.1, 0.15) is 5.75 Å². The monoisotopic (exact) mass is 263 g/mol. The Morgan fingerprint density at radius 2 is 2.32 bits per heavy atom. The summed E-state index contributed by atoms with van der Waals surface area (Å²) in [6, 6.07) is 4.85. The van der Waals surface area contributed by atoms with Gasteiger partial charge in [-0.15, -0.1) is 0 Å². The van der Waals surface area contributed by atoms with Gasteiger partial charge in [0.2, 0.25) is 5.91 Å². The summed E-state index contributed by atoms with van der Waals surface area (Å²) in [5, 5.41) is 5.47. The van der Waals surface area contributed by atoms with Crippen LogP contribution >= 0.6 is 0 Å². The number of nitrogens with two attached hydrogens (primary N) is 1. The Labute approximate surface area is 111 Å². The third kappa shape index (κ3) is 3.03. The highest BCUT2D eigenvalue weighted by Gasteiger charge is 2.23. The number of benzene rings is 1. The lowest BCUT2D eigenvalue weighted by Crippen LogP contribution is -2.38. The largest absolute Gasteiger partial charge is 0.479 e. The highest BCUT2D eigenvalue weighted by molar-refractivity contribution is 5.97. The molecular weight excluding hydrogens is 246 g/mol. The average Bonchev–Trinajstić information content (AvgIpc) is 2.37. The number of rotatable bonds is 3. The minimum Gasteiger partial charge on any atom is -0.479 e. The van der Waals surface area contributed by atoms with Crippen LogP contribution < -0.4 is 21.1 Å². The van der Waals surface area contributed by atoms with Crippen LogP contribution in [-0.4, -0.2) is 24.0 Å². The number of hydrogen-bond acceptors (Lipinski definition) is 4. The van der Waals surface area contributed by atoms with E-state index in [0.717, 1.165) is 5.56 Å². The Balaban J connectivity index is 2.07. The molecule has 0 aromatic heterocycles. The van der Waals surface area contributed by atoms with Gasteiger partial charge in [-0.1, -0.05) is 6.07 Å². The molecule has 1 aromatic carbocycles. The highest BCUT2D eigenvalue weighted by atomic mass is 16.5. The average molecular weight is 263 g/mol. The molecule has 4 N–H and O–H groups in total. The number of carbonyl (C=O) groups excluding carboxylic acids is 2. The number of carbonyl (C=O) groups is 2. The molecule has 6 heteroatoms. The quantitative estimate of drug-likeness (QED) is 0.734. The Hall–Kier alpha value is -2.08. The first-order chi connectivity index (χ1) is 8.97. The van der Waals surface area contributed by atoms with E-state index in [1.165, 1.54) is 0 Å². The molecule has 1 aliphatic rings. The molecule has 1 heterocycles. The van der Waals surface area contributed by atoms with Crippen molar-refractivity contribution in [3.8, 4) is 5.75 Å². The molecule has 2 unspecified atom stereocenters. The van der Waals surface area contributed by atoms with E-state index >= 15 is 0 Å². The first kappa shape index (κ1) is 13.4. The van der Waals surface area contributed by atoms with E-state index in [-0.39, 0.29) is 11.8 Å². The van der Waals surface area contributed by atoms with Gasteiger partial charge in [-0.2, -0.15) is 0 Å². The molecule has 0 radical (unpaired) electrons. The summed E-state index contributed by atoms with van der Waals surface area (Å²) >= 11 is 0. The van der Waals surface area contributed by atoms with Gasteiger partial charge in [0.25, 0.3) is 5.91 Å². The van der Waals surface area contributed by atoms with Crippen LogP contribution in [0.15, 0.2) is 18.2 Å². The Morgan fingerprint density at radius 3 is 3.00 bits per heavy atom. The SMILES string of the molecule is CC(N)C(=O)NCc1ccc2c(c1)NC(=O)C(C)O2. The summed E-state index contributed by atoms with van der Waals surface area (Å²) in [4.78, 5) is 22.9. The Kier molecular flexibility index (Phi) is 3.71. The van der Waals surface area contributed by atoms with Crippen LogP contribution in [0.2, 0.25) is 0 Å². The fourth-order valence-corrected chi connectivity index (χ4v) is 1.72. The fraction of sp³-hybridized carbons (Fsp3) is 0.385. The van der Waals surface area contributed by atoms with Crippen LogP contribution in [0.1, 0.15) is 19.4 Å². The number of amides is 2. The zero-order valence-electron chi connectivity index (χ0n) is 10.9. The highest BCUT2D eigenvalue weighted by Crippen LogP contribution is 2.30. The minimum absolute atomic E-state index is 0.177. The van der Waals surface area contributed by atoms with Crippen molar-refractivity contribution in [1.29, 1.82) is 0 Å². The number of nitrogens with one attached hydrogen (secondary N) is 2. The van der Waals surface area contributed by atoms with Crippen molar-refractivity contribution in [3.63, 3.8) is 0 Å². The fourth-order valence-electron chi connectivity index (χ4n) is 1.72. The topological polar surface area (TPSA) is 93.5 Å². The second kappa shape index (κ2) is 5.27. The molecule has 6 nitrogen and oxygen atoms in total. The first-order valence-corrected chi connectivity index (χ1v) is 6.11. The first-order valence-electron chi connectivity index (χ1n) is 6.11. The molecule has 0 bridgehead atoms. The van der Waals surface area contributed by atoms with Gasteiger partial charge < -0.3 is 21.1 Å². The Morgan fingerprint density at radius 1 is 1.58 bits per heavy atom. The van der Waals surface area contributed by atoms with Gasteiger partial charge in [0.15, 0.2) is 6.10 Å². The summed E-state index contributed by atoms with van der Waals surface area (Å²) in [6.07, 6.45) is -0.490. The maximum atomic E-state index is 11.5. The molecule has 0 saturated carbocycles. The minimum atomic E-state index is -0.540. The van der Waals surface area contributed by atoms with Gasteiger partial charge in [-0.25, -0.2) is 0 Å². The van der Waals surface area contributed by atoms with Crippen molar-refractivity contribution < 1.29 is 14.3 Å². The lowest BCUT2D eigenvalue weighted by Gasteiger charge is -2.23. The second-order valence-corrected chi connectivity index (χ2v) is 4.59. The van der Waals surface area contributed by atoms with Gasteiger partial charge in [0.05, 0.1) is 11.7 Å². The molecule has 2 rings (SSSR count). The summed E-state index contributed by atoms with van der Waals surface area (Å²) in [6.45, 7) is 3.67. The standard InChI is InChI=1S/C13H17N3O3/c1-7(14)12(17)15-6-9-3-4-11-10(5-9)16-13(18)8(2)19-11/h3-5,7-8H,6,14H2,1-2H3,(H,15,17)(H,16,18). The van der Waals surface area contributed by atoms with E-state index in [4.69, 9.17) is 10.5 Å². The molecule has 1 aromatic rings. The maximum absolute atomic E-state index is 11.5. The smallest absolute Gasteiger partial charge is 0.265 e. The molecule has 19 heavy (non-hydrogen) atoms. The van der Waals surface area contributed by atoms with Crippen molar-refractivity contribution >= 4 is 17.5 Å². The number of fused-ring (bicyclic) bond motifs is 1. The molecule has 2 atom stereocenters. The number of anilines is 1. The zero-order valence-corrected chi connectivity index (χ0v) is 10.9. The lowest BCUT2D eigenvalue weighted by molar-refractivity contribution is -0.123. The van der Waals surface area contributed by atoms with Crippen molar-refractivity contribution in [3.05, 3.63) is 23.8 Å². The van der Waals surface area contributed by atoms with Gasteiger partial charge in [0, 0.05) is 6.54 Å². The third-order valence-electron chi connectivity index (χ3n) is 2.86.